The quantitative estimate of drug-likeness (QED) is 0.678. The van der Waals surface area contributed by atoms with Gasteiger partial charge in [-0.3, -0.25) is 0 Å². The molecule has 0 aromatic carbocycles. The number of aliphatic hydroxyl groups is 1. The van der Waals surface area contributed by atoms with Crippen LogP contribution in [0.15, 0.2) is 16.8 Å². The van der Waals surface area contributed by atoms with Crippen LogP contribution in [0.5, 0.6) is 0 Å². The van der Waals surface area contributed by atoms with Gasteiger partial charge < -0.3 is 15.3 Å². The molecule has 0 radical (unpaired) electrons. The van der Waals surface area contributed by atoms with Gasteiger partial charge in [0.15, 0.2) is 0 Å². The molecule has 4 heteroatoms. The Kier molecular flexibility index (Phi) is 5.86. The highest BCUT2D eigenvalue weighted by Gasteiger charge is 2.04. The predicted octanol–water partition coefficient (Wildman–Crippen LogP) is 0.803. The highest BCUT2D eigenvalue weighted by Crippen LogP contribution is 2.05. The molecule has 1 atom stereocenters. The van der Waals surface area contributed by atoms with E-state index in [9.17, 15) is 5.11 Å². The number of nitrogens with zero attached hydrogens (tertiary/aromatic N) is 1. The third-order valence-corrected chi connectivity index (χ3v) is 2.86. The number of aliphatic hydroxyl groups excluding tert-OH is 1. The Bertz CT molecular complexity index is 249. The molecule has 0 aliphatic heterocycles. The molecule has 0 fully saturated rings. The van der Waals surface area contributed by atoms with Crippen LogP contribution in [-0.4, -0.2) is 49.8 Å². The molecule has 0 bridgehead atoms. The fourth-order valence-electron chi connectivity index (χ4n) is 1.42. The SMILES string of the molecule is CN(C)CC(O)CNCCc1ccsc1. The van der Waals surface area contributed by atoms with Crippen LogP contribution in [0.25, 0.3) is 0 Å². The molecule has 0 aliphatic carbocycles. The molecule has 0 saturated carbocycles. The van der Waals surface area contributed by atoms with Crippen LogP contribution < -0.4 is 5.32 Å². The molecular formula is C11H20N2OS. The van der Waals surface area contributed by atoms with Crippen molar-refractivity contribution >= 4 is 11.3 Å². The van der Waals surface area contributed by atoms with Crippen molar-refractivity contribution in [1.82, 2.24) is 10.2 Å². The Labute approximate surface area is 95.7 Å². The van der Waals surface area contributed by atoms with Crippen LogP contribution in [-0.2, 0) is 6.42 Å². The van der Waals surface area contributed by atoms with E-state index in [-0.39, 0.29) is 6.10 Å². The summed E-state index contributed by atoms with van der Waals surface area (Å²) in [5.41, 5.74) is 1.37. The minimum Gasteiger partial charge on any atom is -0.390 e. The molecule has 1 unspecified atom stereocenters. The first-order chi connectivity index (χ1) is 7.18. The summed E-state index contributed by atoms with van der Waals surface area (Å²) in [6.45, 7) is 2.31. The number of thiophene rings is 1. The second kappa shape index (κ2) is 6.95. The maximum atomic E-state index is 9.57. The van der Waals surface area contributed by atoms with Crippen molar-refractivity contribution in [3.63, 3.8) is 0 Å². The number of hydrogen-bond acceptors (Lipinski definition) is 4. The molecule has 0 spiro atoms. The zero-order valence-electron chi connectivity index (χ0n) is 9.44. The summed E-state index contributed by atoms with van der Waals surface area (Å²) in [7, 11) is 3.93. The molecule has 1 heterocycles. The Balaban J connectivity index is 2.01. The standard InChI is InChI=1S/C11H20N2OS/c1-13(2)8-11(14)7-12-5-3-10-4-6-15-9-10/h4,6,9,11-12,14H,3,5,7-8H2,1-2H3. The average Bonchev–Trinajstić information content (AvgIpc) is 2.63. The third-order valence-electron chi connectivity index (χ3n) is 2.13. The fraction of sp³-hybridized carbons (Fsp3) is 0.636. The number of rotatable bonds is 7. The van der Waals surface area contributed by atoms with Gasteiger partial charge in [0.2, 0.25) is 0 Å². The van der Waals surface area contributed by atoms with Crippen molar-refractivity contribution in [3.8, 4) is 0 Å². The lowest BCUT2D eigenvalue weighted by Crippen LogP contribution is -2.35. The van der Waals surface area contributed by atoms with Crippen molar-refractivity contribution in [3.05, 3.63) is 22.4 Å². The van der Waals surface area contributed by atoms with Crippen molar-refractivity contribution in [2.45, 2.75) is 12.5 Å². The molecule has 15 heavy (non-hydrogen) atoms. The summed E-state index contributed by atoms with van der Waals surface area (Å²) in [5, 5.41) is 17.1. The van der Waals surface area contributed by atoms with Gasteiger partial charge in [0.1, 0.15) is 0 Å². The molecule has 1 rings (SSSR count). The fourth-order valence-corrected chi connectivity index (χ4v) is 2.13. The highest BCUT2D eigenvalue weighted by atomic mass is 32.1. The second-order valence-electron chi connectivity index (χ2n) is 4.00. The lowest BCUT2D eigenvalue weighted by Gasteiger charge is -2.16. The van der Waals surface area contributed by atoms with Gasteiger partial charge in [0.25, 0.3) is 0 Å². The van der Waals surface area contributed by atoms with E-state index in [4.69, 9.17) is 0 Å². The molecule has 0 amide bonds. The monoisotopic (exact) mass is 228 g/mol. The summed E-state index contributed by atoms with van der Waals surface area (Å²) in [6, 6.07) is 2.14. The van der Waals surface area contributed by atoms with Crippen LogP contribution in [0.2, 0.25) is 0 Å². The van der Waals surface area contributed by atoms with Gasteiger partial charge in [0, 0.05) is 13.1 Å². The van der Waals surface area contributed by atoms with Crippen LogP contribution in [0, 0.1) is 0 Å². The maximum absolute atomic E-state index is 9.57. The Hall–Kier alpha value is -0.420. The molecule has 0 saturated heterocycles. The zero-order valence-corrected chi connectivity index (χ0v) is 10.3. The number of likely N-dealkylation sites (N-methyl/N-ethyl adjacent to an activating group) is 1. The van der Waals surface area contributed by atoms with Crippen LogP contribution in [0.4, 0.5) is 0 Å². The zero-order chi connectivity index (χ0) is 11.1. The molecule has 0 aliphatic rings. The number of hydrogen-bond donors (Lipinski definition) is 2. The number of nitrogens with one attached hydrogen (secondary N) is 1. The summed E-state index contributed by atoms with van der Waals surface area (Å²) < 4.78 is 0. The summed E-state index contributed by atoms with van der Waals surface area (Å²) in [5.74, 6) is 0. The van der Waals surface area contributed by atoms with Gasteiger partial charge in [-0.2, -0.15) is 11.3 Å². The van der Waals surface area contributed by atoms with Crippen molar-refractivity contribution < 1.29 is 5.11 Å². The van der Waals surface area contributed by atoms with E-state index < -0.39 is 0 Å². The lowest BCUT2D eigenvalue weighted by atomic mass is 10.2. The highest BCUT2D eigenvalue weighted by molar-refractivity contribution is 7.07. The van der Waals surface area contributed by atoms with Crippen LogP contribution >= 0.6 is 11.3 Å². The summed E-state index contributed by atoms with van der Waals surface area (Å²) in [6.07, 6.45) is 0.764. The summed E-state index contributed by atoms with van der Waals surface area (Å²) >= 11 is 1.73. The largest absolute Gasteiger partial charge is 0.390 e. The minimum absolute atomic E-state index is 0.275. The van der Waals surface area contributed by atoms with Crippen molar-refractivity contribution in [2.24, 2.45) is 0 Å². The lowest BCUT2D eigenvalue weighted by molar-refractivity contribution is 0.135. The van der Waals surface area contributed by atoms with E-state index in [1.54, 1.807) is 11.3 Å². The van der Waals surface area contributed by atoms with Gasteiger partial charge in [-0.25, -0.2) is 0 Å². The average molecular weight is 228 g/mol. The first-order valence-electron chi connectivity index (χ1n) is 5.23. The molecule has 3 nitrogen and oxygen atoms in total. The second-order valence-corrected chi connectivity index (χ2v) is 4.78. The first-order valence-corrected chi connectivity index (χ1v) is 6.17. The molecule has 86 valence electrons. The first kappa shape index (κ1) is 12.6. The molecule has 1 aromatic rings. The van der Waals surface area contributed by atoms with E-state index in [1.807, 2.05) is 19.0 Å². The molecule has 2 N–H and O–H groups in total. The van der Waals surface area contributed by atoms with Gasteiger partial charge in [-0.1, -0.05) is 0 Å². The van der Waals surface area contributed by atoms with E-state index in [1.165, 1.54) is 5.56 Å². The van der Waals surface area contributed by atoms with Gasteiger partial charge in [-0.15, -0.1) is 0 Å². The van der Waals surface area contributed by atoms with Crippen molar-refractivity contribution in [1.29, 1.82) is 0 Å². The minimum atomic E-state index is -0.275. The van der Waals surface area contributed by atoms with Gasteiger partial charge in [0.05, 0.1) is 6.10 Å². The third kappa shape index (κ3) is 5.89. The Morgan fingerprint density at radius 2 is 2.33 bits per heavy atom. The topological polar surface area (TPSA) is 35.5 Å². The van der Waals surface area contributed by atoms with Crippen LogP contribution in [0.1, 0.15) is 5.56 Å². The summed E-state index contributed by atoms with van der Waals surface area (Å²) in [4.78, 5) is 1.99. The van der Waals surface area contributed by atoms with Gasteiger partial charge >= 0.3 is 0 Å². The Morgan fingerprint density at radius 3 is 2.93 bits per heavy atom. The smallest absolute Gasteiger partial charge is 0.0791 e. The predicted molar refractivity (Wildman–Crippen MR) is 65.5 cm³/mol. The Morgan fingerprint density at radius 1 is 1.53 bits per heavy atom. The van der Waals surface area contributed by atoms with Gasteiger partial charge in [-0.05, 0) is 49.5 Å². The van der Waals surface area contributed by atoms with Crippen LogP contribution in [0.3, 0.4) is 0 Å². The normalized spacial score (nSPS) is 13.3. The van der Waals surface area contributed by atoms with E-state index in [0.29, 0.717) is 13.1 Å². The van der Waals surface area contributed by atoms with E-state index >= 15 is 0 Å². The van der Waals surface area contributed by atoms with Crippen molar-refractivity contribution in [2.75, 3.05) is 33.7 Å². The van der Waals surface area contributed by atoms with E-state index in [2.05, 4.69) is 22.1 Å². The molecular weight excluding hydrogens is 208 g/mol. The maximum Gasteiger partial charge on any atom is 0.0791 e. The van der Waals surface area contributed by atoms with E-state index in [0.717, 1.165) is 13.0 Å². The molecule has 1 aromatic heterocycles.